The van der Waals surface area contributed by atoms with Gasteiger partial charge in [0.05, 0.1) is 11.1 Å². The van der Waals surface area contributed by atoms with Gasteiger partial charge in [0.25, 0.3) is 5.91 Å². The summed E-state index contributed by atoms with van der Waals surface area (Å²) in [6.45, 7) is 0.188. The Balaban J connectivity index is 3.20. The zero-order valence-electron chi connectivity index (χ0n) is 9.39. The van der Waals surface area contributed by atoms with Gasteiger partial charge in [-0.3, -0.25) is 4.79 Å². The lowest BCUT2D eigenvalue weighted by atomic mass is 10.1. The number of carbonyl (C=O) groups excluding carboxylic acids is 1. The summed E-state index contributed by atoms with van der Waals surface area (Å²) in [5, 5.41) is 0. The van der Waals surface area contributed by atoms with Gasteiger partial charge in [0.2, 0.25) is 0 Å². The van der Waals surface area contributed by atoms with Crippen molar-refractivity contribution in [2.24, 2.45) is 0 Å². The van der Waals surface area contributed by atoms with E-state index in [1.807, 2.05) is 0 Å². The Bertz CT molecular complexity index is 450. The van der Waals surface area contributed by atoms with E-state index in [1.54, 1.807) is 0 Å². The summed E-state index contributed by atoms with van der Waals surface area (Å²) < 4.78 is 38.7. The third-order valence-corrected chi connectivity index (χ3v) is 2.95. The van der Waals surface area contributed by atoms with E-state index in [0.717, 1.165) is 17.0 Å². The van der Waals surface area contributed by atoms with E-state index in [9.17, 15) is 18.0 Å². The van der Waals surface area contributed by atoms with E-state index in [0.29, 0.717) is 0 Å². The maximum absolute atomic E-state index is 12.8. The first-order valence-electron chi connectivity index (χ1n) is 4.95. The molecule has 7 heteroatoms. The van der Waals surface area contributed by atoms with Gasteiger partial charge in [0, 0.05) is 23.9 Å². The predicted molar refractivity (Wildman–Crippen MR) is 66.8 cm³/mol. The van der Waals surface area contributed by atoms with Crippen LogP contribution in [0.1, 0.15) is 15.9 Å². The molecule has 18 heavy (non-hydrogen) atoms. The van der Waals surface area contributed by atoms with Crippen LogP contribution in [-0.2, 0) is 6.18 Å². The largest absolute Gasteiger partial charge is 0.417 e. The molecule has 0 fully saturated rings. The Hall–Kier alpha value is -0.750. The number of halogens is 5. The average Bonchev–Trinajstić information content (AvgIpc) is 2.27. The summed E-state index contributed by atoms with van der Waals surface area (Å²) in [6.07, 6.45) is -4.57. The van der Waals surface area contributed by atoms with Crippen LogP contribution in [0.3, 0.4) is 0 Å². The predicted octanol–water partition coefficient (Wildman–Crippen LogP) is 3.78. The summed E-state index contributed by atoms with van der Waals surface area (Å²) in [4.78, 5) is 13.0. The summed E-state index contributed by atoms with van der Waals surface area (Å²) in [6, 6.07) is 3.44. The summed E-state index contributed by atoms with van der Waals surface area (Å²) in [5.41, 5.74) is -1.33. The molecular weight excluding hydrogens is 334 g/mol. The number of benzene rings is 1. The minimum Gasteiger partial charge on any atom is -0.341 e. The van der Waals surface area contributed by atoms with Gasteiger partial charge in [-0.2, -0.15) is 13.2 Å². The highest BCUT2D eigenvalue weighted by atomic mass is 79.9. The normalized spacial score (nSPS) is 11.4. The lowest BCUT2D eigenvalue weighted by Gasteiger charge is -2.19. The number of hydrogen-bond donors (Lipinski definition) is 0. The molecule has 1 aromatic rings. The molecule has 0 atom stereocenters. The standard InChI is InChI=1S/C11H10BrClF3NO/c1-17(5-4-13)10(18)8-3-2-7(12)6-9(8)11(14,15)16/h2-3,6H,4-5H2,1H3. The molecule has 0 saturated heterocycles. The summed E-state index contributed by atoms with van der Waals surface area (Å²) in [5.74, 6) is -0.532. The quantitative estimate of drug-likeness (QED) is 0.764. The zero-order chi connectivity index (χ0) is 13.9. The van der Waals surface area contributed by atoms with Gasteiger partial charge in [-0.15, -0.1) is 11.6 Å². The Labute approximate surface area is 116 Å². The number of rotatable bonds is 3. The molecule has 0 aliphatic rings. The molecule has 0 N–H and O–H groups in total. The zero-order valence-corrected chi connectivity index (χ0v) is 11.7. The molecular formula is C11H10BrClF3NO. The van der Waals surface area contributed by atoms with Crippen molar-refractivity contribution in [1.82, 2.24) is 4.90 Å². The van der Waals surface area contributed by atoms with Crippen LogP contribution in [0.25, 0.3) is 0 Å². The van der Waals surface area contributed by atoms with E-state index in [1.165, 1.54) is 13.1 Å². The Morgan fingerprint density at radius 3 is 2.56 bits per heavy atom. The number of hydrogen-bond acceptors (Lipinski definition) is 1. The minimum atomic E-state index is -4.57. The second kappa shape index (κ2) is 5.93. The monoisotopic (exact) mass is 343 g/mol. The maximum Gasteiger partial charge on any atom is 0.417 e. The van der Waals surface area contributed by atoms with E-state index >= 15 is 0 Å². The average molecular weight is 345 g/mol. The molecule has 0 saturated carbocycles. The Morgan fingerprint density at radius 2 is 2.06 bits per heavy atom. The fraction of sp³-hybridized carbons (Fsp3) is 0.364. The van der Waals surface area contributed by atoms with Crippen molar-refractivity contribution >= 4 is 33.4 Å². The first-order valence-corrected chi connectivity index (χ1v) is 6.28. The van der Waals surface area contributed by atoms with Crippen LogP contribution in [-0.4, -0.2) is 30.3 Å². The van der Waals surface area contributed by atoms with Crippen molar-refractivity contribution in [2.45, 2.75) is 6.18 Å². The molecule has 1 aromatic carbocycles. The highest BCUT2D eigenvalue weighted by Gasteiger charge is 2.35. The van der Waals surface area contributed by atoms with Crippen molar-refractivity contribution in [1.29, 1.82) is 0 Å². The van der Waals surface area contributed by atoms with Gasteiger partial charge in [-0.05, 0) is 18.2 Å². The molecule has 0 spiro atoms. The van der Waals surface area contributed by atoms with E-state index in [2.05, 4.69) is 15.9 Å². The van der Waals surface area contributed by atoms with Gasteiger partial charge >= 0.3 is 6.18 Å². The topological polar surface area (TPSA) is 20.3 Å². The van der Waals surface area contributed by atoms with E-state index in [-0.39, 0.29) is 22.5 Å². The lowest BCUT2D eigenvalue weighted by Crippen LogP contribution is -2.30. The Kier molecular flexibility index (Phi) is 5.04. The number of nitrogens with zero attached hydrogens (tertiary/aromatic N) is 1. The minimum absolute atomic E-state index is 0.167. The molecule has 100 valence electrons. The highest BCUT2D eigenvalue weighted by molar-refractivity contribution is 9.10. The van der Waals surface area contributed by atoms with Crippen LogP contribution < -0.4 is 0 Å². The highest BCUT2D eigenvalue weighted by Crippen LogP contribution is 2.34. The third-order valence-electron chi connectivity index (χ3n) is 2.28. The van der Waals surface area contributed by atoms with Gasteiger partial charge in [0.15, 0.2) is 0 Å². The van der Waals surface area contributed by atoms with Crippen molar-refractivity contribution in [3.63, 3.8) is 0 Å². The second-order valence-electron chi connectivity index (χ2n) is 3.60. The van der Waals surface area contributed by atoms with Crippen LogP contribution >= 0.6 is 27.5 Å². The molecule has 1 amide bonds. The van der Waals surface area contributed by atoms with Crippen LogP contribution in [0, 0.1) is 0 Å². The summed E-state index contributed by atoms with van der Waals surface area (Å²) >= 11 is 8.42. The van der Waals surface area contributed by atoms with Crippen LogP contribution in [0.4, 0.5) is 13.2 Å². The van der Waals surface area contributed by atoms with E-state index in [4.69, 9.17) is 11.6 Å². The second-order valence-corrected chi connectivity index (χ2v) is 4.90. The lowest BCUT2D eigenvalue weighted by molar-refractivity contribution is -0.138. The van der Waals surface area contributed by atoms with Crippen LogP contribution in [0.2, 0.25) is 0 Å². The van der Waals surface area contributed by atoms with Crippen molar-refractivity contribution in [3.8, 4) is 0 Å². The molecule has 0 radical (unpaired) electrons. The third kappa shape index (κ3) is 3.62. The molecule has 0 aromatic heterocycles. The molecule has 1 rings (SSSR count). The number of amides is 1. The smallest absolute Gasteiger partial charge is 0.341 e. The number of carbonyl (C=O) groups is 1. The van der Waals surface area contributed by atoms with Crippen LogP contribution in [0.15, 0.2) is 22.7 Å². The first kappa shape index (κ1) is 15.3. The maximum atomic E-state index is 12.8. The molecule has 0 aliphatic carbocycles. The van der Waals surface area contributed by atoms with Gasteiger partial charge in [-0.25, -0.2) is 0 Å². The fourth-order valence-corrected chi connectivity index (χ4v) is 1.99. The van der Waals surface area contributed by atoms with Gasteiger partial charge in [-0.1, -0.05) is 15.9 Å². The molecule has 2 nitrogen and oxygen atoms in total. The van der Waals surface area contributed by atoms with Gasteiger partial charge in [0.1, 0.15) is 0 Å². The van der Waals surface area contributed by atoms with Crippen molar-refractivity contribution < 1.29 is 18.0 Å². The molecule has 0 heterocycles. The van der Waals surface area contributed by atoms with Gasteiger partial charge < -0.3 is 4.90 Å². The van der Waals surface area contributed by atoms with E-state index < -0.39 is 17.6 Å². The SMILES string of the molecule is CN(CCCl)C(=O)c1ccc(Br)cc1C(F)(F)F. The van der Waals surface area contributed by atoms with Crippen molar-refractivity contribution in [3.05, 3.63) is 33.8 Å². The van der Waals surface area contributed by atoms with Crippen LogP contribution in [0.5, 0.6) is 0 Å². The van der Waals surface area contributed by atoms with Crippen molar-refractivity contribution in [2.75, 3.05) is 19.5 Å². The fourth-order valence-electron chi connectivity index (χ4n) is 1.37. The Morgan fingerprint density at radius 1 is 1.44 bits per heavy atom. The molecule has 0 unspecified atom stereocenters. The summed E-state index contributed by atoms with van der Waals surface area (Å²) in [7, 11) is 1.41. The molecule has 0 aliphatic heterocycles. The number of alkyl halides is 4. The molecule has 0 bridgehead atoms. The first-order chi connectivity index (χ1) is 8.27.